The normalized spacial score (nSPS) is 10.3. The molecule has 0 fully saturated rings. The molecule has 6 nitrogen and oxygen atoms in total. The van der Waals surface area contributed by atoms with E-state index < -0.39 is 0 Å². The number of ether oxygens (including phenoxy) is 1. The third-order valence-electron chi connectivity index (χ3n) is 4.43. The van der Waals surface area contributed by atoms with Gasteiger partial charge >= 0.3 is 0 Å². The Bertz CT molecular complexity index is 1220. The summed E-state index contributed by atoms with van der Waals surface area (Å²) < 4.78 is 7.49. The Balaban J connectivity index is 1.45. The molecular formula is C24H18N4O2. The van der Waals surface area contributed by atoms with Crippen molar-refractivity contribution >= 4 is 11.6 Å². The van der Waals surface area contributed by atoms with Crippen molar-refractivity contribution in [2.75, 3.05) is 5.32 Å². The summed E-state index contributed by atoms with van der Waals surface area (Å²) in [5.74, 6) is 0.892. The Labute approximate surface area is 174 Å². The molecule has 0 aliphatic heterocycles. The molecule has 30 heavy (non-hydrogen) atoms. The van der Waals surface area contributed by atoms with E-state index in [-0.39, 0.29) is 5.91 Å². The van der Waals surface area contributed by atoms with Crippen molar-refractivity contribution in [2.24, 2.45) is 0 Å². The molecule has 1 amide bonds. The van der Waals surface area contributed by atoms with Crippen LogP contribution in [0.3, 0.4) is 0 Å². The number of rotatable bonds is 5. The van der Waals surface area contributed by atoms with Gasteiger partial charge in [-0.15, -0.1) is 0 Å². The second-order valence-electron chi connectivity index (χ2n) is 6.64. The molecule has 0 aliphatic carbocycles. The number of para-hydroxylation sites is 1. The van der Waals surface area contributed by atoms with Crippen LogP contribution >= 0.6 is 0 Å². The van der Waals surface area contributed by atoms with Gasteiger partial charge in [0.25, 0.3) is 5.91 Å². The first-order valence-corrected chi connectivity index (χ1v) is 9.34. The number of hydrogen-bond acceptors (Lipinski definition) is 4. The Morgan fingerprint density at radius 3 is 2.47 bits per heavy atom. The van der Waals surface area contributed by atoms with Crippen molar-refractivity contribution in [2.45, 2.75) is 6.92 Å². The molecule has 1 aromatic heterocycles. The van der Waals surface area contributed by atoms with Gasteiger partial charge in [-0.2, -0.15) is 10.4 Å². The minimum absolute atomic E-state index is 0.289. The summed E-state index contributed by atoms with van der Waals surface area (Å²) in [6, 6.07) is 27.4. The zero-order valence-electron chi connectivity index (χ0n) is 16.2. The molecule has 0 spiro atoms. The highest BCUT2D eigenvalue weighted by atomic mass is 16.5. The predicted molar refractivity (Wildman–Crippen MR) is 114 cm³/mol. The van der Waals surface area contributed by atoms with Crippen LogP contribution in [0.15, 0.2) is 84.9 Å². The topological polar surface area (TPSA) is 79.9 Å². The van der Waals surface area contributed by atoms with Gasteiger partial charge in [0.15, 0.2) is 5.69 Å². The maximum Gasteiger partial charge on any atom is 0.276 e. The number of nitrogens with one attached hydrogen (secondary N) is 1. The van der Waals surface area contributed by atoms with Crippen LogP contribution in [0.5, 0.6) is 11.5 Å². The van der Waals surface area contributed by atoms with Gasteiger partial charge in [-0.25, -0.2) is 4.68 Å². The van der Waals surface area contributed by atoms with Crippen molar-refractivity contribution < 1.29 is 9.53 Å². The fourth-order valence-corrected chi connectivity index (χ4v) is 2.98. The van der Waals surface area contributed by atoms with Crippen LogP contribution in [0.25, 0.3) is 5.69 Å². The van der Waals surface area contributed by atoms with Crippen LogP contribution in [-0.4, -0.2) is 15.7 Å². The first kappa shape index (κ1) is 19.0. The number of aryl methyl sites for hydroxylation is 1. The van der Waals surface area contributed by atoms with E-state index >= 15 is 0 Å². The number of benzene rings is 3. The zero-order chi connectivity index (χ0) is 20.9. The summed E-state index contributed by atoms with van der Waals surface area (Å²) in [5.41, 5.74) is 3.27. The van der Waals surface area contributed by atoms with E-state index in [4.69, 9.17) is 10.00 Å². The molecule has 1 N–H and O–H groups in total. The zero-order valence-corrected chi connectivity index (χ0v) is 16.2. The fourth-order valence-electron chi connectivity index (χ4n) is 2.98. The third-order valence-corrected chi connectivity index (χ3v) is 4.43. The largest absolute Gasteiger partial charge is 0.457 e. The number of nitriles is 1. The Kier molecular flexibility index (Phi) is 5.27. The van der Waals surface area contributed by atoms with Crippen LogP contribution in [0.2, 0.25) is 0 Å². The molecule has 146 valence electrons. The number of amides is 1. The number of aromatic nitrogens is 2. The van der Waals surface area contributed by atoms with Crippen molar-refractivity contribution in [3.63, 3.8) is 0 Å². The highest BCUT2D eigenvalue weighted by molar-refractivity contribution is 6.03. The van der Waals surface area contributed by atoms with Crippen LogP contribution < -0.4 is 10.1 Å². The summed E-state index contributed by atoms with van der Waals surface area (Å²) in [7, 11) is 0. The maximum atomic E-state index is 12.6. The lowest BCUT2D eigenvalue weighted by Gasteiger charge is -2.08. The minimum Gasteiger partial charge on any atom is -0.457 e. The lowest BCUT2D eigenvalue weighted by Crippen LogP contribution is -2.13. The van der Waals surface area contributed by atoms with Crippen molar-refractivity contribution in [3.8, 4) is 23.3 Å². The van der Waals surface area contributed by atoms with E-state index in [0.29, 0.717) is 28.4 Å². The maximum absolute atomic E-state index is 12.6. The summed E-state index contributed by atoms with van der Waals surface area (Å²) >= 11 is 0. The average Bonchev–Trinajstić information content (AvgIpc) is 3.18. The molecule has 6 heteroatoms. The monoisotopic (exact) mass is 394 g/mol. The molecule has 0 atom stereocenters. The summed E-state index contributed by atoms with van der Waals surface area (Å²) in [6.07, 6.45) is 0. The van der Waals surface area contributed by atoms with Gasteiger partial charge in [-0.05, 0) is 67.6 Å². The highest BCUT2D eigenvalue weighted by Gasteiger charge is 2.13. The molecule has 0 saturated carbocycles. The molecule has 0 radical (unpaired) electrons. The van der Waals surface area contributed by atoms with Gasteiger partial charge in [0, 0.05) is 11.4 Å². The van der Waals surface area contributed by atoms with Gasteiger partial charge in [0.2, 0.25) is 0 Å². The van der Waals surface area contributed by atoms with Crippen LogP contribution in [-0.2, 0) is 0 Å². The molecular weight excluding hydrogens is 376 g/mol. The third kappa shape index (κ3) is 4.21. The smallest absolute Gasteiger partial charge is 0.276 e. The van der Waals surface area contributed by atoms with Crippen LogP contribution in [0.4, 0.5) is 5.69 Å². The molecule has 1 heterocycles. The number of nitrogens with zero attached hydrogens (tertiary/aromatic N) is 3. The Morgan fingerprint density at radius 1 is 0.967 bits per heavy atom. The molecule has 0 bridgehead atoms. The Morgan fingerprint density at radius 2 is 1.73 bits per heavy atom. The summed E-state index contributed by atoms with van der Waals surface area (Å²) in [4.78, 5) is 12.6. The van der Waals surface area contributed by atoms with Crippen LogP contribution in [0, 0.1) is 18.3 Å². The molecule has 3 aromatic carbocycles. The first-order chi connectivity index (χ1) is 14.6. The highest BCUT2D eigenvalue weighted by Crippen LogP contribution is 2.24. The Hall–Kier alpha value is -4.37. The van der Waals surface area contributed by atoms with Gasteiger partial charge in [0.1, 0.15) is 11.5 Å². The van der Waals surface area contributed by atoms with E-state index in [0.717, 1.165) is 11.4 Å². The SMILES string of the molecule is Cc1cc(C(=O)Nc2ccc(Oc3cccc(C#N)c3)cc2)nn1-c1ccccc1. The van der Waals surface area contributed by atoms with Gasteiger partial charge in [0.05, 0.1) is 17.3 Å². The fraction of sp³-hybridized carbons (Fsp3) is 0.0417. The van der Waals surface area contributed by atoms with Crippen molar-refractivity contribution in [1.29, 1.82) is 5.26 Å². The van der Waals surface area contributed by atoms with Crippen LogP contribution in [0.1, 0.15) is 21.7 Å². The minimum atomic E-state index is -0.289. The average molecular weight is 394 g/mol. The van der Waals surface area contributed by atoms with Crippen molar-refractivity contribution in [1.82, 2.24) is 9.78 Å². The number of carbonyl (C=O) groups is 1. The number of carbonyl (C=O) groups excluding carboxylic acids is 1. The second kappa shape index (κ2) is 8.33. The van der Waals surface area contributed by atoms with E-state index in [1.807, 2.05) is 37.3 Å². The van der Waals surface area contributed by atoms with E-state index in [9.17, 15) is 4.79 Å². The number of anilines is 1. The van der Waals surface area contributed by atoms with Crippen molar-refractivity contribution in [3.05, 3.63) is 102 Å². The quantitative estimate of drug-likeness (QED) is 0.511. The van der Waals surface area contributed by atoms with E-state index in [1.54, 1.807) is 59.3 Å². The molecule has 0 aliphatic rings. The molecule has 4 rings (SSSR count). The van der Waals surface area contributed by atoms with Gasteiger partial charge in [-0.1, -0.05) is 24.3 Å². The molecule has 0 saturated heterocycles. The predicted octanol–water partition coefficient (Wildman–Crippen LogP) is 5.10. The number of hydrogen-bond donors (Lipinski definition) is 1. The molecule has 4 aromatic rings. The van der Waals surface area contributed by atoms with E-state index in [2.05, 4.69) is 16.5 Å². The lowest BCUT2D eigenvalue weighted by atomic mass is 10.2. The lowest BCUT2D eigenvalue weighted by molar-refractivity contribution is 0.102. The van der Waals surface area contributed by atoms with Gasteiger partial charge < -0.3 is 10.1 Å². The second-order valence-corrected chi connectivity index (χ2v) is 6.64. The first-order valence-electron chi connectivity index (χ1n) is 9.34. The standard InChI is InChI=1S/C24H18N4O2/c1-17-14-23(27-28(17)20-7-3-2-4-8-20)24(29)26-19-10-12-21(13-11-19)30-22-9-5-6-18(15-22)16-25/h2-15H,1H3,(H,26,29). The van der Waals surface area contributed by atoms with E-state index in [1.165, 1.54) is 0 Å². The molecule has 0 unspecified atom stereocenters. The summed E-state index contributed by atoms with van der Waals surface area (Å²) in [5, 5.41) is 16.2. The van der Waals surface area contributed by atoms with Gasteiger partial charge in [-0.3, -0.25) is 4.79 Å². The summed E-state index contributed by atoms with van der Waals surface area (Å²) in [6.45, 7) is 1.91.